The molecule has 0 unspecified atom stereocenters. The number of carbonyl (C=O) groups is 2. The molecule has 0 fully saturated rings. The maximum atomic E-state index is 10.2. The molecule has 0 atom stereocenters. The molecule has 16 heavy (non-hydrogen) atoms. The van der Waals surface area contributed by atoms with Crippen molar-refractivity contribution in [1.82, 2.24) is 0 Å². The molecule has 90 valence electrons. The molecule has 1 amide bonds. The van der Waals surface area contributed by atoms with Crippen LogP contribution in [0.1, 0.15) is 13.3 Å². The van der Waals surface area contributed by atoms with E-state index in [4.69, 9.17) is 5.11 Å². The van der Waals surface area contributed by atoms with Crippen molar-refractivity contribution in [2.45, 2.75) is 13.3 Å². The number of carboxylic acids is 1. The van der Waals surface area contributed by atoms with Crippen LogP contribution in [0.5, 0.6) is 0 Å². The van der Waals surface area contributed by atoms with Crippen LogP contribution >= 0.6 is 0 Å². The van der Waals surface area contributed by atoms with E-state index in [0.29, 0.717) is 0 Å². The van der Waals surface area contributed by atoms with Gasteiger partial charge >= 0.3 is 12.1 Å². The van der Waals surface area contributed by atoms with Crippen LogP contribution in [0.25, 0.3) is 0 Å². The minimum atomic E-state index is -0.813. The molecule has 5 heteroatoms. The Bertz CT molecular complexity index is 292. The van der Waals surface area contributed by atoms with Gasteiger partial charge in [0.2, 0.25) is 0 Å². The molecule has 0 aromatic heterocycles. The number of methoxy groups -OCH3 is 1. The first-order valence-corrected chi connectivity index (χ1v) is 4.47. The Morgan fingerprint density at radius 1 is 1.50 bits per heavy atom. The largest absolute Gasteiger partial charge is 0.481 e. The lowest BCUT2D eigenvalue weighted by Crippen LogP contribution is -2.08. The van der Waals surface area contributed by atoms with Crippen LogP contribution in [0.4, 0.5) is 4.79 Å². The second-order valence-electron chi connectivity index (χ2n) is 2.55. The Morgan fingerprint density at radius 2 is 2.00 bits per heavy atom. The van der Waals surface area contributed by atoms with E-state index < -0.39 is 12.1 Å². The number of hydrogen-bond acceptors (Lipinski definition) is 3. The third-order valence-corrected chi connectivity index (χ3v) is 1.37. The van der Waals surface area contributed by atoms with E-state index in [1.54, 1.807) is 24.3 Å². The average Bonchev–Trinajstić information content (AvgIpc) is 2.24. The summed E-state index contributed by atoms with van der Waals surface area (Å²) in [5, 5.41) is 8.41. The minimum Gasteiger partial charge on any atom is -0.481 e. The van der Waals surface area contributed by atoms with Crippen molar-refractivity contribution >= 4 is 12.1 Å². The highest BCUT2D eigenvalue weighted by Gasteiger charge is 1.97. The lowest BCUT2D eigenvalue weighted by Gasteiger charge is -1.93. The highest BCUT2D eigenvalue weighted by Crippen LogP contribution is 2.02. The fourth-order valence-corrected chi connectivity index (χ4v) is 0.623. The topological polar surface area (TPSA) is 89.6 Å². The quantitative estimate of drug-likeness (QED) is 0.717. The molecule has 0 aliphatic heterocycles. The first kappa shape index (κ1) is 16.4. The van der Waals surface area contributed by atoms with E-state index >= 15 is 0 Å². The number of ether oxygens (including phenoxy) is 1. The third-order valence-electron chi connectivity index (χ3n) is 1.37. The Kier molecular flexibility index (Phi) is 11.3. The molecule has 0 spiro atoms. The smallest absolute Gasteiger partial charge is 0.404 e. The summed E-state index contributed by atoms with van der Waals surface area (Å²) in [6, 6.07) is 0. The van der Waals surface area contributed by atoms with Crippen LogP contribution in [0, 0.1) is 0 Å². The van der Waals surface area contributed by atoms with Crippen LogP contribution in [0.3, 0.4) is 0 Å². The summed E-state index contributed by atoms with van der Waals surface area (Å²) in [7, 11) is 1.22. The average molecular weight is 227 g/mol. The monoisotopic (exact) mass is 227 g/mol. The lowest BCUT2D eigenvalue weighted by molar-refractivity contribution is -0.136. The first-order chi connectivity index (χ1) is 7.47. The second-order valence-corrected chi connectivity index (χ2v) is 2.55. The van der Waals surface area contributed by atoms with Crippen molar-refractivity contribution in [3.05, 3.63) is 36.5 Å². The van der Waals surface area contributed by atoms with Gasteiger partial charge in [-0.05, 0) is 12.5 Å². The number of primary amides is 1. The van der Waals surface area contributed by atoms with E-state index in [0.717, 1.165) is 5.57 Å². The van der Waals surface area contributed by atoms with Gasteiger partial charge < -0.3 is 15.6 Å². The lowest BCUT2D eigenvalue weighted by atomic mass is 10.1. The second kappa shape index (κ2) is 11.0. The van der Waals surface area contributed by atoms with E-state index in [9.17, 15) is 9.59 Å². The molecule has 0 aromatic rings. The van der Waals surface area contributed by atoms with Crippen molar-refractivity contribution in [3.63, 3.8) is 0 Å². The van der Waals surface area contributed by atoms with Gasteiger partial charge in [-0.15, -0.1) is 0 Å². The Morgan fingerprint density at radius 3 is 2.25 bits per heavy atom. The number of carbonyl (C=O) groups excluding carboxylic acids is 1. The normalized spacial score (nSPS) is 10.2. The van der Waals surface area contributed by atoms with Gasteiger partial charge in [0.25, 0.3) is 0 Å². The van der Waals surface area contributed by atoms with E-state index in [-0.39, 0.29) is 6.42 Å². The molecule has 0 saturated heterocycles. The van der Waals surface area contributed by atoms with Gasteiger partial charge in [-0.25, -0.2) is 4.79 Å². The SMILES string of the molecule is C=C/C=C\C(=C/C)CC(=O)O.COC(N)=O. The number of rotatable bonds is 4. The molecule has 0 aliphatic rings. The van der Waals surface area contributed by atoms with Crippen molar-refractivity contribution in [2.24, 2.45) is 5.73 Å². The summed E-state index contributed by atoms with van der Waals surface area (Å²) >= 11 is 0. The summed E-state index contributed by atoms with van der Waals surface area (Å²) in [4.78, 5) is 19.6. The zero-order valence-electron chi connectivity index (χ0n) is 9.47. The van der Waals surface area contributed by atoms with Gasteiger partial charge in [0, 0.05) is 0 Å². The molecule has 0 rings (SSSR count). The molecule has 3 N–H and O–H groups in total. The van der Waals surface area contributed by atoms with Gasteiger partial charge in [-0.1, -0.05) is 30.9 Å². The highest BCUT2D eigenvalue weighted by atomic mass is 16.5. The summed E-state index contributed by atoms with van der Waals surface area (Å²) < 4.78 is 3.89. The van der Waals surface area contributed by atoms with Gasteiger partial charge in [-0.3, -0.25) is 4.79 Å². The predicted octanol–water partition coefficient (Wildman–Crippen LogP) is 1.86. The molecule has 0 aliphatic carbocycles. The van der Waals surface area contributed by atoms with E-state index in [1.165, 1.54) is 7.11 Å². The number of amides is 1. The van der Waals surface area contributed by atoms with Crippen LogP contribution in [-0.4, -0.2) is 24.3 Å². The number of hydrogen-bond donors (Lipinski definition) is 2. The van der Waals surface area contributed by atoms with Gasteiger partial charge in [0.1, 0.15) is 0 Å². The molecular weight excluding hydrogens is 210 g/mol. The summed E-state index contributed by atoms with van der Waals surface area (Å²) in [5.74, 6) is -0.813. The standard InChI is InChI=1S/C9H12O2.C2H5NO2/c1-3-5-6-8(4-2)7-9(10)11;1-5-2(3)4/h3-6H,1,7H2,2H3,(H,10,11);1H3,(H2,3,4)/b6-5-,8-4+;. The summed E-state index contributed by atoms with van der Waals surface area (Å²) in [6.07, 6.45) is 6.17. The number of allylic oxidation sites excluding steroid dienone is 4. The van der Waals surface area contributed by atoms with Crippen molar-refractivity contribution in [3.8, 4) is 0 Å². The Balaban J connectivity index is 0. The fraction of sp³-hybridized carbons (Fsp3) is 0.273. The van der Waals surface area contributed by atoms with Crippen LogP contribution in [0.15, 0.2) is 36.5 Å². The maximum absolute atomic E-state index is 10.2. The van der Waals surface area contributed by atoms with E-state index in [2.05, 4.69) is 17.0 Å². The summed E-state index contributed by atoms with van der Waals surface area (Å²) in [6.45, 7) is 5.30. The molecule has 0 heterocycles. The third kappa shape index (κ3) is 14.5. The molecule has 0 saturated carbocycles. The van der Waals surface area contributed by atoms with Crippen molar-refractivity contribution in [2.75, 3.05) is 7.11 Å². The number of aliphatic carboxylic acids is 1. The molecule has 0 radical (unpaired) electrons. The van der Waals surface area contributed by atoms with Crippen LogP contribution in [-0.2, 0) is 9.53 Å². The molecular formula is C11H17NO4. The minimum absolute atomic E-state index is 0.0703. The van der Waals surface area contributed by atoms with Gasteiger partial charge in [0.15, 0.2) is 0 Å². The Labute approximate surface area is 94.9 Å². The Hall–Kier alpha value is -2.04. The molecule has 0 aromatic carbocycles. The molecule has 5 nitrogen and oxygen atoms in total. The van der Waals surface area contributed by atoms with Crippen molar-refractivity contribution in [1.29, 1.82) is 0 Å². The zero-order chi connectivity index (χ0) is 13.0. The fourth-order valence-electron chi connectivity index (χ4n) is 0.623. The zero-order valence-corrected chi connectivity index (χ0v) is 9.47. The van der Waals surface area contributed by atoms with E-state index in [1.807, 2.05) is 6.92 Å². The number of nitrogens with two attached hydrogens (primary N) is 1. The van der Waals surface area contributed by atoms with Gasteiger partial charge in [0.05, 0.1) is 13.5 Å². The first-order valence-electron chi connectivity index (χ1n) is 4.47. The number of carboxylic acid groups (broad SMARTS) is 1. The predicted molar refractivity (Wildman–Crippen MR) is 61.9 cm³/mol. The van der Waals surface area contributed by atoms with Crippen LogP contribution in [0.2, 0.25) is 0 Å². The van der Waals surface area contributed by atoms with Crippen molar-refractivity contribution < 1.29 is 19.4 Å². The summed E-state index contributed by atoms with van der Waals surface area (Å²) in [5.41, 5.74) is 5.22. The highest BCUT2D eigenvalue weighted by molar-refractivity contribution is 5.70. The maximum Gasteiger partial charge on any atom is 0.404 e. The van der Waals surface area contributed by atoms with Crippen LogP contribution < -0.4 is 5.73 Å². The molecule has 0 bridgehead atoms. The van der Waals surface area contributed by atoms with Gasteiger partial charge in [-0.2, -0.15) is 0 Å².